The van der Waals surface area contributed by atoms with Crippen molar-refractivity contribution in [2.75, 3.05) is 13.2 Å². The molecule has 1 atom stereocenters. The van der Waals surface area contributed by atoms with Crippen LogP contribution in [0.5, 0.6) is 0 Å². The summed E-state index contributed by atoms with van der Waals surface area (Å²) in [6, 6.07) is 0. The van der Waals surface area contributed by atoms with Crippen molar-refractivity contribution in [2.45, 2.75) is 302 Å². The Hall–Kier alpha value is -3.96. The molecule has 78 heavy (non-hydrogen) atoms. The number of rotatable bonds is 59. The van der Waals surface area contributed by atoms with Crippen LogP contribution >= 0.6 is 0 Å². The number of aliphatic hydroxyl groups excluding tert-OH is 1. The molecule has 0 aliphatic rings. The predicted octanol–water partition coefficient (Wildman–Crippen LogP) is 22.8. The third kappa shape index (κ3) is 64.6. The highest BCUT2D eigenvalue weighted by molar-refractivity contribution is 5.70. The van der Waals surface area contributed by atoms with Crippen LogP contribution in [0.15, 0.2) is 134 Å². The Morgan fingerprint density at radius 3 is 0.846 bits per heavy atom. The van der Waals surface area contributed by atoms with Crippen LogP contribution in [0.25, 0.3) is 0 Å². The molecule has 0 saturated heterocycles. The molecule has 0 aromatic rings. The van der Waals surface area contributed by atoms with Crippen LogP contribution in [0.4, 0.5) is 0 Å². The lowest BCUT2D eigenvalue weighted by atomic mass is 10.0. The smallest absolute Gasteiger partial charge is 0.306 e. The molecule has 0 fully saturated rings. The first-order valence-corrected chi connectivity index (χ1v) is 32.7. The molecule has 0 aromatic heterocycles. The average molecular weight is 1080 g/mol. The summed E-state index contributed by atoms with van der Waals surface area (Å²) in [4.78, 5) is 24.6. The number of unbranched alkanes of at least 4 members (excludes halogenated alkanes) is 29. The van der Waals surface area contributed by atoms with Gasteiger partial charge in [0, 0.05) is 12.8 Å². The summed E-state index contributed by atoms with van der Waals surface area (Å²) >= 11 is 0. The van der Waals surface area contributed by atoms with Crippen LogP contribution < -0.4 is 0 Å². The molecule has 0 spiro atoms. The van der Waals surface area contributed by atoms with E-state index in [1.54, 1.807) is 0 Å². The van der Waals surface area contributed by atoms with E-state index in [1.165, 1.54) is 167 Å². The molecule has 0 amide bonds. The molecule has 444 valence electrons. The molecule has 0 aliphatic carbocycles. The van der Waals surface area contributed by atoms with Gasteiger partial charge in [0.15, 0.2) is 6.10 Å². The Morgan fingerprint density at radius 1 is 0.308 bits per heavy atom. The van der Waals surface area contributed by atoms with Gasteiger partial charge < -0.3 is 14.6 Å². The topological polar surface area (TPSA) is 72.8 Å². The highest BCUT2D eigenvalue weighted by Gasteiger charge is 2.16. The first kappa shape index (κ1) is 74.0. The second kappa shape index (κ2) is 67.3. The van der Waals surface area contributed by atoms with Gasteiger partial charge in [0.2, 0.25) is 0 Å². The van der Waals surface area contributed by atoms with Gasteiger partial charge in [-0.3, -0.25) is 9.59 Å². The Morgan fingerprint density at radius 2 is 0.551 bits per heavy atom. The van der Waals surface area contributed by atoms with Crippen LogP contribution in [0.2, 0.25) is 0 Å². The molecular formula is C73H122O5. The van der Waals surface area contributed by atoms with Crippen LogP contribution in [0, 0.1) is 0 Å². The minimum Gasteiger partial charge on any atom is -0.462 e. The van der Waals surface area contributed by atoms with Gasteiger partial charge in [-0.05, 0) is 116 Å². The first-order valence-electron chi connectivity index (χ1n) is 32.7. The number of carbonyl (C=O) groups excluding carboxylic acids is 2. The van der Waals surface area contributed by atoms with Crippen molar-refractivity contribution in [1.82, 2.24) is 0 Å². The normalized spacial score (nSPS) is 13.1. The number of ether oxygens (including phenoxy) is 2. The van der Waals surface area contributed by atoms with Crippen molar-refractivity contribution in [3.8, 4) is 0 Å². The monoisotopic (exact) mass is 1080 g/mol. The van der Waals surface area contributed by atoms with Crippen LogP contribution in [-0.4, -0.2) is 36.4 Å². The Kier molecular flexibility index (Phi) is 63.9. The van der Waals surface area contributed by atoms with Gasteiger partial charge in [0.1, 0.15) is 6.61 Å². The van der Waals surface area contributed by atoms with Crippen molar-refractivity contribution in [1.29, 1.82) is 0 Å². The van der Waals surface area contributed by atoms with Gasteiger partial charge in [-0.2, -0.15) is 0 Å². The fourth-order valence-corrected chi connectivity index (χ4v) is 9.05. The van der Waals surface area contributed by atoms with Crippen molar-refractivity contribution in [2.24, 2.45) is 0 Å². The molecule has 0 aliphatic heterocycles. The number of hydrogen-bond donors (Lipinski definition) is 1. The lowest BCUT2D eigenvalue weighted by molar-refractivity contribution is -0.161. The summed E-state index contributed by atoms with van der Waals surface area (Å²) in [7, 11) is 0. The number of hydrogen-bond acceptors (Lipinski definition) is 5. The second-order valence-corrected chi connectivity index (χ2v) is 21.5. The van der Waals surface area contributed by atoms with E-state index in [-0.39, 0.29) is 25.2 Å². The highest BCUT2D eigenvalue weighted by Crippen LogP contribution is 2.16. The molecule has 0 bridgehead atoms. The molecule has 0 heterocycles. The molecule has 0 rings (SSSR count). The van der Waals surface area contributed by atoms with E-state index >= 15 is 0 Å². The molecule has 1 unspecified atom stereocenters. The molecule has 5 nitrogen and oxygen atoms in total. The Balaban J connectivity index is 3.56. The zero-order valence-corrected chi connectivity index (χ0v) is 50.9. The molecule has 1 N–H and O–H groups in total. The maximum Gasteiger partial charge on any atom is 0.306 e. The maximum absolute atomic E-state index is 12.3. The predicted molar refractivity (Wildman–Crippen MR) is 343 cm³/mol. The van der Waals surface area contributed by atoms with E-state index in [0.717, 1.165) is 103 Å². The fourth-order valence-electron chi connectivity index (χ4n) is 9.05. The Labute approximate surface area is 483 Å². The first-order chi connectivity index (χ1) is 38.6. The van der Waals surface area contributed by atoms with E-state index in [9.17, 15) is 14.7 Å². The Bertz CT molecular complexity index is 1600. The molecule has 0 aromatic carbocycles. The highest BCUT2D eigenvalue weighted by atomic mass is 16.6. The van der Waals surface area contributed by atoms with E-state index in [2.05, 4.69) is 148 Å². The van der Waals surface area contributed by atoms with Crippen molar-refractivity contribution in [3.05, 3.63) is 134 Å². The minimum absolute atomic E-state index is 0.0722. The van der Waals surface area contributed by atoms with Crippen molar-refractivity contribution in [3.63, 3.8) is 0 Å². The van der Waals surface area contributed by atoms with Crippen LogP contribution in [-0.2, 0) is 19.1 Å². The van der Waals surface area contributed by atoms with Gasteiger partial charge in [0.05, 0.1) is 6.61 Å². The van der Waals surface area contributed by atoms with Gasteiger partial charge >= 0.3 is 11.9 Å². The minimum atomic E-state index is -0.783. The zero-order valence-electron chi connectivity index (χ0n) is 50.9. The lowest BCUT2D eigenvalue weighted by Gasteiger charge is -2.15. The lowest BCUT2D eigenvalue weighted by Crippen LogP contribution is -2.28. The zero-order chi connectivity index (χ0) is 56.2. The SMILES string of the molecule is CC/C=C\C/C=C\C/C=C\C/C=C\C/C=C\C/C=C\C/C=C\C/C=C\C/C=C\C/C=C\CCCCCCCCCCCCC(=O)OC(CO)COC(=O)CCCCCCCCCCCCC/C=C\CCCCCCCCCC. The molecular weight excluding hydrogens is 957 g/mol. The number of aliphatic hydroxyl groups is 1. The standard InChI is InChI=1S/C73H122O5/c1-3-5-7-9-11-13-15-17-19-21-23-25-27-28-29-30-31-32-33-34-35-36-37-38-39-40-41-42-43-44-46-48-50-52-54-56-58-60-62-64-66-68-73(76)78-71(69-74)70-77-72(75)67-65-63-61-59-57-55-53-51-49-47-45-26-24-22-20-18-16-14-12-10-8-6-4-2/h5,7,11,13,17,19,22-25,28-29,31-32,34-35,37-38,40-41,43-44,71,74H,3-4,6,8-10,12,14-16,18,20-21,26-27,30,33,36,39,42,45-70H2,1-2H3/b7-5-,13-11-,19-17-,24-22-,25-23-,29-28-,32-31-,35-34-,38-37-,41-40-,44-43-. The number of carbonyl (C=O) groups is 2. The van der Waals surface area contributed by atoms with Gasteiger partial charge in [-0.15, -0.1) is 0 Å². The maximum atomic E-state index is 12.3. The average Bonchev–Trinajstić information content (AvgIpc) is 3.44. The van der Waals surface area contributed by atoms with E-state index in [1.807, 2.05) is 0 Å². The largest absolute Gasteiger partial charge is 0.462 e. The van der Waals surface area contributed by atoms with E-state index in [0.29, 0.717) is 12.8 Å². The quantitative estimate of drug-likeness (QED) is 0.0373. The number of esters is 2. The molecule has 0 radical (unpaired) electrons. The summed E-state index contributed by atoms with van der Waals surface area (Å²) in [6.45, 7) is 4.04. The van der Waals surface area contributed by atoms with E-state index in [4.69, 9.17) is 9.47 Å². The third-order valence-corrected chi connectivity index (χ3v) is 13.9. The fraction of sp³-hybridized carbons (Fsp3) is 0.671. The summed E-state index contributed by atoms with van der Waals surface area (Å²) in [5, 5.41) is 9.68. The van der Waals surface area contributed by atoms with Gasteiger partial charge in [0.25, 0.3) is 0 Å². The molecule has 5 heteroatoms. The van der Waals surface area contributed by atoms with Gasteiger partial charge in [-0.1, -0.05) is 302 Å². The van der Waals surface area contributed by atoms with Crippen LogP contribution in [0.1, 0.15) is 296 Å². The molecule has 0 saturated carbocycles. The summed E-state index contributed by atoms with van der Waals surface area (Å²) in [5.41, 5.74) is 0. The van der Waals surface area contributed by atoms with Crippen molar-refractivity contribution < 1.29 is 24.2 Å². The summed E-state index contributed by atoms with van der Waals surface area (Å²) in [6.07, 6.45) is 100. The number of allylic oxidation sites excluding steroid dienone is 22. The summed E-state index contributed by atoms with van der Waals surface area (Å²) < 4.78 is 10.7. The second-order valence-electron chi connectivity index (χ2n) is 21.5. The van der Waals surface area contributed by atoms with Gasteiger partial charge in [-0.25, -0.2) is 0 Å². The third-order valence-electron chi connectivity index (χ3n) is 13.9. The summed E-state index contributed by atoms with van der Waals surface area (Å²) in [5.74, 6) is -0.594. The van der Waals surface area contributed by atoms with Crippen LogP contribution in [0.3, 0.4) is 0 Å². The van der Waals surface area contributed by atoms with Crippen molar-refractivity contribution >= 4 is 11.9 Å². The van der Waals surface area contributed by atoms with E-state index < -0.39 is 6.10 Å².